The molecule has 0 fully saturated rings. The van der Waals surface area contributed by atoms with E-state index in [4.69, 9.17) is 15.4 Å². The van der Waals surface area contributed by atoms with Crippen LogP contribution in [0.15, 0.2) is 158 Å². The van der Waals surface area contributed by atoms with Gasteiger partial charge in [0.05, 0.1) is 22.4 Å². The van der Waals surface area contributed by atoms with Crippen LogP contribution in [0.25, 0.3) is 61.4 Å². The van der Waals surface area contributed by atoms with E-state index in [1.54, 1.807) is 0 Å². The Morgan fingerprint density at radius 3 is 1.89 bits per heavy atom. The van der Waals surface area contributed by atoms with E-state index >= 15 is 0 Å². The summed E-state index contributed by atoms with van der Waals surface area (Å²) >= 11 is 0. The van der Waals surface area contributed by atoms with Crippen molar-refractivity contribution >= 4 is 39.4 Å². The average molecular weight is 592 g/mol. The Morgan fingerprint density at radius 2 is 1.15 bits per heavy atom. The van der Waals surface area contributed by atoms with Gasteiger partial charge in [0.25, 0.3) is 0 Å². The molecule has 0 atom stereocenters. The molecule has 5 heteroatoms. The molecule has 8 aromatic rings. The summed E-state index contributed by atoms with van der Waals surface area (Å²) < 4.78 is 2.28. The average Bonchev–Trinajstić information content (AvgIpc) is 3.45. The molecule has 0 aliphatic rings. The van der Waals surface area contributed by atoms with Crippen molar-refractivity contribution in [3.63, 3.8) is 0 Å². The number of benzene rings is 6. The Labute approximate surface area is 267 Å². The number of anilines is 2. The van der Waals surface area contributed by atoms with Gasteiger partial charge in [0.2, 0.25) is 0 Å². The minimum atomic E-state index is 0.688. The van der Waals surface area contributed by atoms with E-state index in [2.05, 4.69) is 88.7 Å². The topological polar surface area (TPSA) is 66.6 Å². The molecule has 46 heavy (non-hydrogen) atoms. The Bertz CT molecular complexity index is 2290. The highest BCUT2D eigenvalue weighted by atomic mass is 15.0. The lowest BCUT2D eigenvalue weighted by molar-refractivity contribution is 1.16. The van der Waals surface area contributed by atoms with Crippen molar-refractivity contribution in [3.05, 3.63) is 163 Å². The third-order valence-corrected chi connectivity index (χ3v) is 8.28. The number of para-hydroxylation sites is 2. The lowest BCUT2D eigenvalue weighted by Crippen LogP contribution is -1.99. The summed E-state index contributed by atoms with van der Waals surface area (Å²) in [6.07, 6.45) is 1.42. The van der Waals surface area contributed by atoms with Gasteiger partial charge in [-0.2, -0.15) is 0 Å². The maximum absolute atomic E-state index is 8.28. The molecular weight excluding hydrogens is 562 g/mol. The first-order chi connectivity index (χ1) is 22.7. The second-order valence-corrected chi connectivity index (χ2v) is 11.2. The first-order valence-corrected chi connectivity index (χ1v) is 15.3. The quantitative estimate of drug-likeness (QED) is 0.181. The second-order valence-electron chi connectivity index (χ2n) is 11.2. The van der Waals surface area contributed by atoms with Gasteiger partial charge >= 0.3 is 0 Å². The molecule has 6 aromatic carbocycles. The highest BCUT2D eigenvalue weighted by Gasteiger charge is 2.17. The second kappa shape index (κ2) is 11.6. The van der Waals surface area contributed by atoms with Gasteiger partial charge in [-0.25, -0.2) is 9.97 Å². The van der Waals surface area contributed by atoms with Crippen LogP contribution in [-0.4, -0.2) is 20.7 Å². The molecule has 5 nitrogen and oxygen atoms in total. The smallest absolute Gasteiger partial charge is 0.160 e. The molecule has 0 bridgehead atoms. The molecule has 2 N–H and O–H groups in total. The van der Waals surface area contributed by atoms with Gasteiger partial charge in [-0.15, -0.1) is 0 Å². The summed E-state index contributed by atoms with van der Waals surface area (Å²) in [7, 11) is 0. The van der Waals surface area contributed by atoms with Crippen LogP contribution in [0.3, 0.4) is 0 Å². The number of rotatable bonds is 7. The molecule has 2 aromatic heterocycles. The summed E-state index contributed by atoms with van der Waals surface area (Å²) in [5.74, 6) is 0.688. The Morgan fingerprint density at radius 1 is 0.522 bits per heavy atom. The van der Waals surface area contributed by atoms with Crippen LogP contribution in [-0.2, 0) is 0 Å². The number of nitrogens with one attached hydrogen (secondary N) is 2. The van der Waals surface area contributed by atoms with E-state index in [0.717, 1.165) is 72.5 Å². The third-order valence-electron chi connectivity index (χ3n) is 8.28. The highest BCUT2D eigenvalue weighted by molar-refractivity contribution is 6.12. The number of nitrogens with zero attached hydrogens (tertiary/aromatic N) is 3. The molecule has 0 spiro atoms. The van der Waals surface area contributed by atoms with Gasteiger partial charge in [-0.1, -0.05) is 109 Å². The normalized spacial score (nSPS) is 11.1. The standard InChI is InChI=1S/C41H29N5/c42-27-31-24-40-35(25-36(31)43-32-18-8-3-9-19-32)34-21-10-11-22-39(34)46(40)33-20-12-17-30(23-33)38-26-37(28-13-4-1-5-14-28)44-41(45-38)29-15-6-2-7-16-29/h1-27,42-43H. The van der Waals surface area contributed by atoms with Gasteiger partial charge in [0, 0.05) is 56.3 Å². The fraction of sp³-hybridized carbons (Fsp3) is 0. The first-order valence-electron chi connectivity index (χ1n) is 15.3. The monoisotopic (exact) mass is 591 g/mol. The third kappa shape index (κ3) is 5.00. The Hall–Kier alpha value is -6.33. The summed E-state index contributed by atoms with van der Waals surface area (Å²) in [6, 6.07) is 53.8. The fourth-order valence-electron chi connectivity index (χ4n) is 6.09. The van der Waals surface area contributed by atoms with Crippen LogP contribution in [0.2, 0.25) is 0 Å². The van der Waals surface area contributed by atoms with Crippen LogP contribution in [0.5, 0.6) is 0 Å². The number of fused-ring (bicyclic) bond motifs is 3. The van der Waals surface area contributed by atoms with E-state index in [9.17, 15) is 0 Å². The molecule has 0 saturated carbocycles. The van der Waals surface area contributed by atoms with Gasteiger partial charge in [-0.3, -0.25) is 0 Å². The molecule has 0 radical (unpaired) electrons. The van der Waals surface area contributed by atoms with Crippen molar-refractivity contribution in [2.75, 3.05) is 5.32 Å². The van der Waals surface area contributed by atoms with E-state index in [1.807, 2.05) is 78.9 Å². The lowest BCUT2D eigenvalue weighted by Gasteiger charge is -2.13. The molecular formula is C41H29N5. The van der Waals surface area contributed by atoms with Crippen molar-refractivity contribution in [2.24, 2.45) is 0 Å². The molecule has 0 saturated heterocycles. The predicted molar refractivity (Wildman–Crippen MR) is 190 cm³/mol. The van der Waals surface area contributed by atoms with Crippen LogP contribution in [0.4, 0.5) is 11.4 Å². The molecule has 0 amide bonds. The van der Waals surface area contributed by atoms with E-state index < -0.39 is 0 Å². The molecule has 0 aliphatic carbocycles. The molecule has 0 aliphatic heterocycles. The first kappa shape index (κ1) is 27.2. The van der Waals surface area contributed by atoms with Crippen molar-refractivity contribution in [3.8, 4) is 39.6 Å². The van der Waals surface area contributed by atoms with Gasteiger partial charge in [-0.05, 0) is 48.5 Å². The largest absolute Gasteiger partial charge is 0.355 e. The number of hydrogen-bond donors (Lipinski definition) is 2. The zero-order valence-electron chi connectivity index (χ0n) is 24.9. The molecule has 2 heterocycles. The van der Waals surface area contributed by atoms with Crippen LogP contribution >= 0.6 is 0 Å². The Kier molecular flexibility index (Phi) is 6.89. The van der Waals surface area contributed by atoms with Crippen molar-refractivity contribution < 1.29 is 0 Å². The van der Waals surface area contributed by atoms with Crippen molar-refractivity contribution in [1.82, 2.24) is 14.5 Å². The van der Waals surface area contributed by atoms with E-state index in [1.165, 1.54) is 6.21 Å². The van der Waals surface area contributed by atoms with Crippen molar-refractivity contribution in [2.45, 2.75) is 0 Å². The maximum atomic E-state index is 8.28. The zero-order valence-corrected chi connectivity index (χ0v) is 24.9. The van der Waals surface area contributed by atoms with Crippen LogP contribution in [0.1, 0.15) is 5.56 Å². The lowest BCUT2D eigenvalue weighted by atomic mass is 10.1. The summed E-state index contributed by atoms with van der Waals surface area (Å²) in [6.45, 7) is 0. The predicted octanol–water partition coefficient (Wildman–Crippen LogP) is 10.3. The number of aromatic nitrogens is 3. The zero-order chi connectivity index (χ0) is 30.9. The number of hydrogen-bond acceptors (Lipinski definition) is 4. The summed E-state index contributed by atoms with van der Waals surface area (Å²) in [4.78, 5) is 10.0. The van der Waals surface area contributed by atoms with Crippen LogP contribution < -0.4 is 5.32 Å². The molecule has 0 unspecified atom stereocenters. The van der Waals surface area contributed by atoms with Crippen LogP contribution in [0, 0.1) is 5.41 Å². The van der Waals surface area contributed by atoms with Crippen molar-refractivity contribution in [1.29, 1.82) is 5.41 Å². The highest BCUT2D eigenvalue weighted by Crippen LogP contribution is 2.37. The van der Waals surface area contributed by atoms with Gasteiger partial charge < -0.3 is 15.3 Å². The minimum Gasteiger partial charge on any atom is -0.355 e. The fourth-order valence-corrected chi connectivity index (χ4v) is 6.09. The van der Waals surface area contributed by atoms with E-state index in [0.29, 0.717) is 5.82 Å². The molecule has 8 rings (SSSR count). The summed E-state index contributed by atoms with van der Waals surface area (Å²) in [5.41, 5.74) is 10.6. The molecule has 218 valence electrons. The van der Waals surface area contributed by atoms with E-state index in [-0.39, 0.29) is 0 Å². The Balaban J connectivity index is 1.30. The van der Waals surface area contributed by atoms with Gasteiger partial charge in [0.1, 0.15) is 0 Å². The SMILES string of the molecule is N=Cc1cc2c(cc1Nc1ccccc1)c1ccccc1n2-c1cccc(-c2cc(-c3ccccc3)nc(-c3ccccc3)n2)c1. The van der Waals surface area contributed by atoms with Gasteiger partial charge in [0.15, 0.2) is 5.82 Å². The summed E-state index contributed by atoms with van der Waals surface area (Å²) in [5, 5.41) is 14.1. The minimum absolute atomic E-state index is 0.688. The maximum Gasteiger partial charge on any atom is 0.160 e.